The van der Waals surface area contributed by atoms with Crippen molar-refractivity contribution in [3.8, 4) is 11.4 Å². The summed E-state index contributed by atoms with van der Waals surface area (Å²) in [5, 5.41) is 15.6. The van der Waals surface area contributed by atoms with Crippen molar-refractivity contribution < 1.29 is 27.6 Å². The number of aromatic nitrogens is 3. The molecule has 0 aliphatic heterocycles. The molecule has 7 N–H and O–H groups in total. The van der Waals surface area contributed by atoms with Crippen molar-refractivity contribution in [3.05, 3.63) is 66.2 Å². The van der Waals surface area contributed by atoms with Crippen LogP contribution in [0.5, 0.6) is 0 Å². The fourth-order valence-corrected chi connectivity index (χ4v) is 3.01. The molecule has 0 amide bonds. The smallest absolute Gasteiger partial charge is 0.475 e. The summed E-state index contributed by atoms with van der Waals surface area (Å²) < 4.78 is 37.2. The molecule has 0 atom stereocenters. The van der Waals surface area contributed by atoms with Gasteiger partial charge in [-0.25, -0.2) is 4.79 Å². The van der Waals surface area contributed by atoms with Gasteiger partial charge in [0.2, 0.25) is 11.7 Å². The number of H-pyrrole nitrogens is 1. The molecule has 2 aromatic heterocycles. The Hall–Kier alpha value is -4.55. The number of benzene rings is 2. The van der Waals surface area contributed by atoms with Crippen molar-refractivity contribution in [2.45, 2.75) is 12.6 Å². The second-order valence-corrected chi connectivity index (χ2v) is 7.16. The first-order valence-corrected chi connectivity index (χ1v) is 10.2. The van der Waals surface area contributed by atoms with Crippen LogP contribution in [0.25, 0.3) is 22.3 Å². The summed E-state index contributed by atoms with van der Waals surface area (Å²) in [6.07, 6.45) is -2.52. The minimum Gasteiger partial charge on any atom is -0.475 e. The van der Waals surface area contributed by atoms with E-state index < -0.39 is 12.1 Å². The van der Waals surface area contributed by atoms with Gasteiger partial charge < -0.3 is 31.4 Å². The number of aromatic amines is 1. The van der Waals surface area contributed by atoms with Gasteiger partial charge in [0, 0.05) is 34.9 Å². The van der Waals surface area contributed by atoms with Crippen molar-refractivity contribution in [2.75, 3.05) is 18.4 Å². The van der Waals surface area contributed by atoms with Gasteiger partial charge >= 0.3 is 12.1 Å². The number of aliphatic imine (C=N–C) groups is 1. The third kappa shape index (κ3) is 7.22. The van der Waals surface area contributed by atoms with Crippen molar-refractivity contribution in [1.29, 1.82) is 0 Å². The maximum atomic E-state index is 10.6. The van der Waals surface area contributed by atoms with E-state index in [-0.39, 0.29) is 5.96 Å². The first-order chi connectivity index (χ1) is 16.6. The molecule has 4 rings (SSSR count). The summed E-state index contributed by atoms with van der Waals surface area (Å²) >= 11 is 0. The van der Waals surface area contributed by atoms with E-state index in [1.807, 2.05) is 48.7 Å². The second-order valence-electron chi connectivity index (χ2n) is 7.16. The summed E-state index contributed by atoms with van der Waals surface area (Å²) in [4.78, 5) is 20.6. The second kappa shape index (κ2) is 11.0. The number of nitrogens with zero attached hydrogens (tertiary/aromatic N) is 3. The number of guanidine groups is 1. The number of nitrogens with one attached hydrogen (secondary N) is 2. The number of carboxylic acid groups (broad SMARTS) is 1. The van der Waals surface area contributed by atoms with Crippen LogP contribution in [-0.2, 0) is 11.2 Å². The molecule has 0 spiro atoms. The third-order valence-electron chi connectivity index (χ3n) is 4.61. The van der Waals surface area contributed by atoms with Gasteiger partial charge in [-0.1, -0.05) is 23.4 Å². The topological polar surface area (TPSA) is 168 Å². The van der Waals surface area contributed by atoms with E-state index in [2.05, 4.69) is 31.5 Å². The first-order valence-electron chi connectivity index (χ1n) is 10.2. The lowest BCUT2D eigenvalue weighted by atomic mass is 10.1. The average molecular weight is 489 g/mol. The van der Waals surface area contributed by atoms with Crippen LogP contribution in [0, 0.1) is 0 Å². The van der Waals surface area contributed by atoms with Crippen LogP contribution < -0.4 is 16.8 Å². The van der Waals surface area contributed by atoms with Crippen molar-refractivity contribution in [3.63, 3.8) is 0 Å². The monoisotopic (exact) mass is 489 g/mol. The number of carbonyl (C=O) groups is 1. The molecular weight excluding hydrogens is 467 g/mol. The van der Waals surface area contributed by atoms with Gasteiger partial charge in [0.1, 0.15) is 0 Å². The Morgan fingerprint density at radius 1 is 1.14 bits per heavy atom. The maximum absolute atomic E-state index is 10.6. The molecule has 184 valence electrons. The standard InChI is InChI=1S/C20H21N7O.C2HF3O2/c21-20(22)24-10-9-23-15-7-5-13(6-8-15)19-26-18(28-27-19)11-14-12-25-17-4-2-1-3-16(14)17;3-2(4,5)1(6)7/h1-8,12,23,25H,9-11H2,(H4,21,22,24);(H,6,7). The van der Waals surface area contributed by atoms with E-state index in [1.54, 1.807) is 0 Å². The number of hydrogen-bond donors (Lipinski definition) is 5. The number of aliphatic carboxylic acids is 1. The van der Waals surface area contributed by atoms with Crippen LogP contribution in [0.15, 0.2) is 64.2 Å². The molecule has 0 saturated carbocycles. The largest absolute Gasteiger partial charge is 0.490 e. The quantitative estimate of drug-likeness (QED) is 0.150. The molecule has 4 aromatic rings. The molecule has 0 saturated heterocycles. The number of carboxylic acids is 1. The highest BCUT2D eigenvalue weighted by molar-refractivity contribution is 5.83. The number of para-hydroxylation sites is 1. The Kier molecular flexibility index (Phi) is 7.92. The lowest BCUT2D eigenvalue weighted by Crippen LogP contribution is -2.23. The highest BCUT2D eigenvalue weighted by atomic mass is 19.4. The molecule has 0 unspecified atom stereocenters. The Bertz CT molecular complexity index is 1290. The Labute approximate surface area is 196 Å². The summed E-state index contributed by atoms with van der Waals surface area (Å²) in [5.74, 6) is -1.51. The zero-order valence-electron chi connectivity index (χ0n) is 18.2. The lowest BCUT2D eigenvalue weighted by Gasteiger charge is -2.04. The molecule has 10 nitrogen and oxygen atoms in total. The Morgan fingerprint density at radius 2 is 1.83 bits per heavy atom. The van der Waals surface area contributed by atoms with Gasteiger partial charge in [-0.2, -0.15) is 18.2 Å². The lowest BCUT2D eigenvalue weighted by molar-refractivity contribution is -0.192. The molecule has 13 heteroatoms. The fourth-order valence-electron chi connectivity index (χ4n) is 3.01. The molecule has 35 heavy (non-hydrogen) atoms. The zero-order valence-corrected chi connectivity index (χ0v) is 18.2. The Balaban J connectivity index is 0.000000429. The Morgan fingerprint density at radius 3 is 2.49 bits per heavy atom. The van der Waals surface area contributed by atoms with E-state index in [0.717, 1.165) is 22.3 Å². The summed E-state index contributed by atoms with van der Waals surface area (Å²) in [7, 11) is 0. The van der Waals surface area contributed by atoms with Gasteiger partial charge in [-0.05, 0) is 35.9 Å². The highest BCUT2D eigenvalue weighted by Crippen LogP contribution is 2.23. The highest BCUT2D eigenvalue weighted by Gasteiger charge is 2.38. The third-order valence-corrected chi connectivity index (χ3v) is 4.61. The van der Waals surface area contributed by atoms with Gasteiger partial charge in [0.25, 0.3) is 0 Å². The van der Waals surface area contributed by atoms with Crippen molar-refractivity contribution in [2.24, 2.45) is 16.5 Å². The predicted octanol–water partition coefficient (Wildman–Crippen LogP) is 3.13. The number of nitrogens with two attached hydrogens (primary N) is 2. The van der Waals surface area contributed by atoms with E-state index in [4.69, 9.17) is 25.9 Å². The van der Waals surface area contributed by atoms with E-state index >= 15 is 0 Å². The van der Waals surface area contributed by atoms with Gasteiger partial charge in [-0.3, -0.25) is 4.99 Å². The molecule has 0 aliphatic carbocycles. The zero-order chi connectivity index (χ0) is 25.4. The molecule has 0 fully saturated rings. The minimum atomic E-state index is -5.08. The fraction of sp³-hybridized carbons (Fsp3) is 0.182. The van der Waals surface area contributed by atoms with Crippen LogP contribution in [-0.4, -0.2) is 51.4 Å². The van der Waals surface area contributed by atoms with Crippen LogP contribution in [0.2, 0.25) is 0 Å². The van der Waals surface area contributed by atoms with Crippen molar-refractivity contribution >= 4 is 28.5 Å². The van der Waals surface area contributed by atoms with E-state index in [0.29, 0.717) is 31.2 Å². The van der Waals surface area contributed by atoms with Crippen LogP contribution in [0.4, 0.5) is 18.9 Å². The molecule has 0 aliphatic rings. The SMILES string of the molecule is NC(N)=NCCNc1ccc(-c2noc(Cc3c[nH]c4ccccc34)n2)cc1.O=C(O)C(F)(F)F. The number of fused-ring (bicyclic) bond motifs is 1. The first kappa shape index (κ1) is 25.1. The molecule has 0 bridgehead atoms. The predicted molar refractivity (Wildman–Crippen MR) is 124 cm³/mol. The van der Waals surface area contributed by atoms with E-state index in [1.165, 1.54) is 5.39 Å². The molecule has 0 radical (unpaired) electrons. The number of halogens is 3. The van der Waals surface area contributed by atoms with Gasteiger partial charge in [0.05, 0.1) is 13.0 Å². The summed E-state index contributed by atoms with van der Waals surface area (Å²) in [6.45, 7) is 1.17. The van der Waals surface area contributed by atoms with Gasteiger partial charge in [0.15, 0.2) is 5.96 Å². The summed E-state index contributed by atoms with van der Waals surface area (Å²) in [5.41, 5.74) is 14.7. The van der Waals surface area contributed by atoms with Crippen LogP contribution in [0.1, 0.15) is 11.5 Å². The van der Waals surface area contributed by atoms with E-state index in [9.17, 15) is 13.2 Å². The number of hydrogen-bond acceptors (Lipinski definition) is 6. The van der Waals surface area contributed by atoms with Gasteiger partial charge in [-0.15, -0.1) is 0 Å². The number of rotatable bonds is 7. The number of anilines is 1. The maximum Gasteiger partial charge on any atom is 0.490 e. The number of alkyl halides is 3. The van der Waals surface area contributed by atoms with Crippen LogP contribution >= 0.6 is 0 Å². The normalized spacial score (nSPS) is 10.9. The average Bonchev–Trinajstić information content (AvgIpc) is 3.45. The summed E-state index contributed by atoms with van der Waals surface area (Å²) in [6, 6.07) is 16.0. The molecular formula is C22H22F3N7O3. The van der Waals surface area contributed by atoms with Crippen molar-refractivity contribution in [1.82, 2.24) is 15.1 Å². The molecule has 2 heterocycles. The minimum absolute atomic E-state index is 0.0951. The van der Waals surface area contributed by atoms with Crippen LogP contribution in [0.3, 0.4) is 0 Å². The molecule has 2 aromatic carbocycles.